The third kappa shape index (κ3) is 7.20. The Balaban J connectivity index is 1.80. The lowest BCUT2D eigenvalue weighted by Gasteiger charge is -2.23. The lowest BCUT2D eigenvalue weighted by molar-refractivity contribution is -0.124. The molecule has 134 valence electrons. The van der Waals surface area contributed by atoms with E-state index in [2.05, 4.69) is 37.3 Å². The Kier molecular flexibility index (Phi) is 9.16. The van der Waals surface area contributed by atoms with E-state index >= 15 is 0 Å². The van der Waals surface area contributed by atoms with Crippen molar-refractivity contribution in [1.29, 1.82) is 0 Å². The molecule has 0 bridgehead atoms. The van der Waals surface area contributed by atoms with Gasteiger partial charge in [-0.1, -0.05) is 82.2 Å². The molecule has 1 nitrogen and oxygen atoms in total. The molecule has 1 saturated carbocycles. The van der Waals surface area contributed by atoms with Gasteiger partial charge in [-0.25, -0.2) is 0 Å². The van der Waals surface area contributed by atoms with Crippen LogP contribution in [-0.2, 0) is 11.2 Å². The van der Waals surface area contributed by atoms with Crippen molar-refractivity contribution in [2.45, 2.75) is 90.4 Å². The predicted octanol–water partition coefficient (Wildman–Crippen LogP) is 6.75. The molecule has 0 N–H and O–H groups in total. The number of carbonyl (C=O) groups is 1. The van der Waals surface area contributed by atoms with Crippen LogP contribution < -0.4 is 0 Å². The van der Waals surface area contributed by atoms with Crippen LogP contribution >= 0.6 is 0 Å². The van der Waals surface area contributed by atoms with Crippen molar-refractivity contribution in [3.8, 4) is 0 Å². The number of hydrogen-bond donors (Lipinski definition) is 0. The number of ketones is 1. The van der Waals surface area contributed by atoms with Crippen LogP contribution in [0.1, 0.15) is 89.5 Å². The second-order valence-corrected chi connectivity index (χ2v) is 7.75. The van der Waals surface area contributed by atoms with E-state index in [1.54, 1.807) is 0 Å². The minimum absolute atomic E-state index is 0.372. The van der Waals surface area contributed by atoms with Gasteiger partial charge in [0, 0.05) is 12.3 Å². The molecule has 0 heterocycles. The van der Waals surface area contributed by atoms with Gasteiger partial charge in [-0.2, -0.15) is 0 Å². The lowest BCUT2D eigenvalue weighted by Crippen LogP contribution is -2.20. The smallest absolute Gasteiger partial charge is 0.135 e. The van der Waals surface area contributed by atoms with Crippen LogP contribution in [0.2, 0.25) is 0 Å². The highest BCUT2D eigenvalue weighted by Crippen LogP contribution is 2.29. The minimum Gasteiger partial charge on any atom is -0.299 e. The van der Waals surface area contributed by atoms with Gasteiger partial charge in [0.05, 0.1) is 0 Å². The van der Waals surface area contributed by atoms with Crippen LogP contribution in [0.15, 0.2) is 30.3 Å². The zero-order valence-electron chi connectivity index (χ0n) is 15.6. The van der Waals surface area contributed by atoms with E-state index in [1.165, 1.54) is 63.4 Å². The fraction of sp³-hybridized carbons (Fsp3) is 0.696. The van der Waals surface area contributed by atoms with Crippen molar-refractivity contribution >= 4 is 5.78 Å². The molecular formula is C23H36O. The molecule has 2 rings (SSSR count). The Morgan fingerprint density at radius 2 is 1.79 bits per heavy atom. The molecule has 0 radical (unpaired) electrons. The Labute approximate surface area is 149 Å². The van der Waals surface area contributed by atoms with Gasteiger partial charge >= 0.3 is 0 Å². The monoisotopic (exact) mass is 328 g/mol. The minimum atomic E-state index is 0.372. The van der Waals surface area contributed by atoms with Crippen molar-refractivity contribution < 1.29 is 4.79 Å². The van der Waals surface area contributed by atoms with Crippen LogP contribution in [0.25, 0.3) is 0 Å². The standard InChI is InChI=1S/C23H36O/c1-2-3-4-5-7-14-21(19-20-12-8-6-9-13-20)17-18-22-15-10-11-16-23(22)24/h6,8-9,12-13,21-22H,2-5,7,10-11,14-19H2,1H3. The molecule has 0 amide bonds. The van der Waals surface area contributed by atoms with Crippen LogP contribution in [-0.4, -0.2) is 5.78 Å². The van der Waals surface area contributed by atoms with Gasteiger partial charge in [0.15, 0.2) is 0 Å². The molecule has 0 aliphatic heterocycles. The average Bonchev–Trinajstić information content (AvgIpc) is 2.61. The van der Waals surface area contributed by atoms with E-state index < -0.39 is 0 Å². The van der Waals surface area contributed by atoms with E-state index in [0.717, 1.165) is 31.6 Å². The van der Waals surface area contributed by atoms with E-state index in [4.69, 9.17) is 0 Å². The summed E-state index contributed by atoms with van der Waals surface area (Å²) in [4.78, 5) is 12.1. The maximum absolute atomic E-state index is 12.1. The van der Waals surface area contributed by atoms with Crippen molar-refractivity contribution in [3.05, 3.63) is 35.9 Å². The van der Waals surface area contributed by atoms with Crippen LogP contribution in [0.3, 0.4) is 0 Å². The molecule has 24 heavy (non-hydrogen) atoms. The van der Waals surface area contributed by atoms with Gasteiger partial charge < -0.3 is 0 Å². The number of hydrogen-bond acceptors (Lipinski definition) is 1. The number of benzene rings is 1. The Hall–Kier alpha value is -1.11. The summed E-state index contributed by atoms with van der Waals surface area (Å²) >= 11 is 0. The molecule has 1 aromatic rings. The van der Waals surface area contributed by atoms with Crippen molar-refractivity contribution in [2.24, 2.45) is 11.8 Å². The first-order valence-corrected chi connectivity index (χ1v) is 10.4. The first kappa shape index (κ1) is 19.2. The van der Waals surface area contributed by atoms with E-state index in [-0.39, 0.29) is 0 Å². The molecule has 1 heteroatoms. The SMILES string of the molecule is CCCCCCCC(CCC1CCCCC1=O)Cc1ccccc1. The molecule has 0 saturated heterocycles. The summed E-state index contributed by atoms with van der Waals surface area (Å²) < 4.78 is 0. The quantitative estimate of drug-likeness (QED) is 0.411. The predicted molar refractivity (Wildman–Crippen MR) is 103 cm³/mol. The highest BCUT2D eigenvalue weighted by atomic mass is 16.1. The lowest BCUT2D eigenvalue weighted by atomic mass is 9.81. The third-order valence-electron chi connectivity index (χ3n) is 5.69. The Morgan fingerprint density at radius 1 is 1.00 bits per heavy atom. The number of unbranched alkanes of at least 4 members (excludes halogenated alkanes) is 4. The number of carbonyl (C=O) groups excluding carboxylic acids is 1. The van der Waals surface area contributed by atoms with Gasteiger partial charge in [0.2, 0.25) is 0 Å². The molecule has 2 atom stereocenters. The van der Waals surface area contributed by atoms with E-state index in [0.29, 0.717) is 11.7 Å². The third-order valence-corrected chi connectivity index (χ3v) is 5.69. The summed E-state index contributed by atoms with van der Waals surface area (Å²) in [5.41, 5.74) is 1.46. The largest absolute Gasteiger partial charge is 0.299 e. The second kappa shape index (κ2) is 11.4. The van der Waals surface area contributed by atoms with Crippen molar-refractivity contribution in [2.75, 3.05) is 0 Å². The second-order valence-electron chi connectivity index (χ2n) is 7.75. The summed E-state index contributed by atoms with van der Waals surface area (Å²) in [7, 11) is 0. The van der Waals surface area contributed by atoms with E-state index in [9.17, 15) is 4.79 Å². The summed E-state index contributed by atoms with van der Waals surface area (Å²) in [6.45, 7) is 2.28. The number of Topliss-reactive ketones (excluding diaryl/α,β-unsaturated/α-hetero) is 1. The Bertz CT molecular complexity index is 450. The molecule has 1 aliphatic rings. The van der Waals surface area contributed by atoms with Crippen LogP contribution in [0.4, 0.5) is 0 Å². The van der Waals surface area contributed by atoms with Gasteiger partial charge in [-0.15, -0.1) is 0 Å². The summed E-state index contributed by atoms with van der Waals surface area (Å²) in [5, 5.41) is 0. The van der Waals surface area contributed by atoms with Gasteiger partial charge in [0.1, 0.15) is 5.78 Å². The first-order chi connectivity index (χ1) is 11.8. The molecule has 1 fully saturated rings. The molecule has 1 aromatic carbocycles. The first-order valence-electron chi connectivity index (χ1n) is 10.4. The molecule has 0 spiro atoms. The van der Waals surface area contributed by atoms with E-state index in [1.807, 2.05) is 0 Å². The van der Waals surface area contributed by atoms with Crippen LogP contribution in [0.5, 0.6) is 0 Å². The van der Waals surface area contributed by atoms with Gasteiger partial charge in [-0.05, 0) is 43.6 Å². The van der Waals surface area contributed by atoms with Gasteiger partial charge in [0.25, 0.3) is 0 Å². The normalized spacial score (nSPS) is 19.4. The average molecular weight is 329 g/mol. The topological polar surface area (TPSA) is 17.1 Å². The molecule has 1 aliphatic carbocycles. The molecular weight excluding hydrogens is 292 g/mol. The summed E-state index contributed by atoms with van der Waals surface area (Å²) in [5.74, 6) is 1.67. The summed E-state index contributed by atoms with van der Waals surface area (Å²) in [6.07, 6.45) is 16.1. The summed E-state index contributed by atoms with van der Waals surface area (Å²) in [6, 6.07) is 10.9. The van der Waals surface area contributed by atoms with Crippen LogP contribution in [0, 0.1) is 11.8 Å². The van der Waals surface area contributed by atoms with Gasteiger partial charge in [-0.3, -0.25) is 4.79 Å². The fourth-order valence-electron chi connectivity index (χ4n) is 4.13. The molecule has 2 unspecified atom stereocenters. The zero-order valence-corrected chi connectivity index (χ0v) is 15.6. The maximum Gasteiger partial charge on any atom is 0.135 e. The maximum atomic E-state index is 12.1. The number of rotatable bonds is 11. The van der Waals surface area contributed by atoms with Crippen molar-refractivity contribution in [1.82, 2.24) is 0 Å². The zero-order chi connectivity index (χ0) is 17.0. The van der Waals surface area contributed by atoms with Crippen molar-refractivity contribution in [3.63, 3.8) is 0 Å². The Morgan fingerprint density at radius 3 is 2.54 bits per heavy atom. The highest BCUT2D eigenvalue weighted by molar-refractivity contribution is 5.81. The molecule has 0 aromatic heterocycles. The fourth-order valence-corrected chi connectivity index (χ4v) is 4.13. The highest BCUT2D eigenvalue weighted by Gasteiger charge is 2.23.